The Bertz CT molecular complexity index is 1610. The lowest BCUT2D eigenvalue weighted by Crippen LogP contribution is -2.57. The van der Waals surface area contributed by atoms with Crippen molar-refractivity contribution in [2.75, 3.05) is 18.8 Å². The van der Waals surface area contributed by atoms with E-state index in [2.05, 4.69) is 32.0 Å². The number of likely N-dealkylation sites (tertiary alicyclic amines) is 1. The highest BCUT2D eigenvalue weighted by atomic mass is 16.6. The summed E-state index contributed by atoms with van der Waals surface area (Å²) in [5.74, 6) is 2.31. The standard InChI is InChI=1S/C27H31N9O4/c1-26(2,3)39-25(37)35-11-16(12-35)38-15-9-29-23(30-10-15)17-20(34-40-21(17)14-5-6-14)19-18-22(28)31-13-32-24(18)36(33-19)27(4)7-8-27/h9-10,13-14,16H,5-8,11-12H2,1-4H3,(H2,28,31,32). The molecule has 4 aromatic rings. The second-order valence-corrected chi connectivity index (χ2v) is 12.1. The molecule has 2 saturated carbocycles. The Morgan fingerprint density at radius 1 is 1.10 bits per heavy atom. The number of rotatable bonds is 6. The molecule has 0 unspecified atom stereocenters. The zero-order valence-corrected chi connectivity index (χ0v) is 22.9. The molecule has 1 aliphatic heterocycles. The van der Waals surface area contributed by atoms with Gasteiger partial charge in [0.2, 0.25) is 0 Å². The molecule has 1 saturated heterocycles. The molecule has 0 atom stereocenters. The third-order valence-electron chi connectivity index (χ3n) is 7.52. The monoisotopic (exact) mass is 545 g/mol. The summed E-state index contributed by atoms with van der Waals surface area (Å²) in [6, 6.07) is 0. The minimum absolute atomic E-state index is 0.114. The van der Waals surface area contributed by atoms with Crippen LogP contribution in [-0.4, -0.2) is 70.7 Å². The molecule has 0 spiro atoms. The molecule has 40 heavy (non-hydrogen) atoms. The first-order chi connectivity index (χ1) is 19.1. The van der Waals surface area contributed by atoms with E-state index in [1.54, 1.807) is 17.3 Å². The van der Waals surface area contributed by atoms with Crippen LogP contribution in [0.15, 0.2) is 23.2 Å². The highest BCUT2D eigenvalue weighted by Crippen LogP contribution is 2.49. The number of nitrogens with zero attached hydrogens (tertiary/aromatic N) is 8. The van der Waals surface area contributed by atoms with Crippen molar-refractivity contribution >= 4 is 22.9 Å². The van der Waals surface area contributed by atoms with Crippen molar-refractivity contribution in [3.63, 3.8) is 0 Å². The minimum Gasteiger partial charge on any atom is -0.483 e. The SMILES string of the molecule is CC(C)(C)OC(=O)N1CC(Oc2cnc(-c3c(-c4nn(C5(C)CC5)c5ncnc(N)c45)noc3C3CC3)nc2)C1. The Morgan fingerprint density at radius 2 is 1.82 bits per heavy atom. The van der Waals surface area contributed by atoms with Crippen LogP contribution >= 0.6 is 0 Å². The second-order valence-electron chi connectivity index (χ2n) is 12.1. The largest absolute Gasteiger partial charge is 0.483 e. The smallest absolute Gasteiger partial charge is 0.410 e. The molecular formula is C27H31N9O4. The van der Waals surface area contributed by atoms with Gasteiger partial charge in [-0.25, -0.2) is 29.4 Å². The number of nitrogens with two attached hydrogens (primary N) is 1. The summed E-state index contributed by atoms with van der Waals surface area (Å²) in [5.41, 5.74) is 8.15. The highest BCUT2D eigenvalue weighted by Gasteiger charge is 2.44. The summed E-state index contributed by atoms with van der Waals surface area (Å²) in [6.45, 7) is 8.57. The van der Waals surface area contributed by atoms with Crippen molar-refractivity contribution < 1.29 is 18.8 Å². The molecule has 2 aliphatic carbocycles. The van der Waals surface area contributed by atoms with E-state index < -0.39 is 5.60 Å². The number of anilines is 1. The molecule has 0 bridgehead atoms. The molecule has 2 N–H and O–H groups in total. The number of nitrogen functional groups attached to an aromatic ring is 1. The number of carbonyl (C=O) groups excluding carboxylic acids is 1. The maximum atomic E-state index is 12.2. The molecule has 13 heteroatoms. The van der Waals surface area contributed by atoms with E-state index in [1.165, 1.54) is 6.33 Å². The zero-order valence-electron chi connectivity index (χ0n) is 22.9. The van der Waals surface area contributed by atoms with E-state index >= 15 is 0 Å². The van der Waals surface area contributed by atoms with Crippen molar-refractivity contribution in [1.82, 2.24) is 39.8 Å². The molecule has 0 radical (unpaired) electrons. The molecule has 4 aromatic heterocycles. The average Bonchev–Trinajstić information content (AvgIpc) is 3.77. The van der Waals surface area contributed by atoms with E-state index in [4.69, 9.17) is 24.8 Å². The number of carbonyl (C=O) groups is 1. The van der Waals surface area contributed by atoms with Crippen molar-refractivity contribution in [2.24, 2.45) is 0 Å². The molecule has 5 heterocycles. The van der Waals surface area contributed by atoms with E-state index in [1.807, 2.05) is 25.5 Å². The molecule has 13 nitrogen and oxygen atoms in total. The fourth-order valence-corrected chi connectivity index (χ4v) is 4.90. The molecule has 3 aliphatic rings. The first-order valence-electron chi connectivity index (χ1n) is 13.6. The first-order valence-corrected chi connectivity index (χ1v) is 13.6. The van der Waals surface area contributed by atoms with Crippen LogP contribution < -0.4 is 10.5 Å². The summed E-state index contributed by atoms with van der Waals surface area (Å²) in [4.78, 5) is 31.8. The van der Waals surface area contributed by atoms with Gasteiger partial charge in [-0.2, -0.15) is 5.10 Å². The van der Waals surface area contributed by atoms with Crippen molar-refractivity contribution in [3.8, 4) is 28.5 Å². The normalized spacial score (nSPS) is 18.6. The molecule has 1 amide bonds. The number of fused-ring (bicyclic) bond motifs is 1. The zero-order chi connectivity index (χ0) is 27.8. The van der Waals surface area contributed by atoms with Gasteiger partial charge in [-0.3, -0.25) is 0 Å². The average molecular weight is 546 g/mol. The van der Waals surface area contributed by atoms with Crippen LogP contribution in [0.2, 0.25) is 0 Å². The van der Waals surface area contributed by atoms with Crippen molar-refractivity contribution in [2.45, 2.75) is 76.5 Å². The van der Waals surface area contributed by atoms with Crippen LogP contribution in [0.4, 0.5) is 10.6 Å². The number of amides is 1. The third kappa shape index (κ3) is 4.29. The Morgan fingerprint density at radius 3 is 2.48 bits per heavy atom. The van der Waals surface area contributed by atoms with Crippen LogP contribution in [0.3, 0.4) is 0 Å². The van der Waals surface area contributed by atoms with Crippen LogP contribution in [0, 0.1) is 0 Å². The van der Waals surface area contributed by atoms with Gasteiger partial charge in [0.05, 0.1) is 42.0 Å². The van der Waals surface area contributed by atoms with Crippen LogP contribution in [0.5, 0.6) is 5.75 Å². The van der Waals surface area contributed by atoms with Gasteiger partial charge in [-0.05, 0) is 53.4 Å². The van der Waals surface area contributed by atoms with Gasteiger partial charge in [0.25, 0.3) is 0 Å². The fraction of sp³-hybridized carbons (Fsp3) is 0.519. The molecule has 208 valence electrons. The molecule has 7 rings (SSSR count). The Balaban J connectivity index is 1.17. The second kappa shape index (κ2) is 8.60. The number of aromatic nitrogens is 7. The number of hydrogen-bond donors (Lipinski definition) is 1. The van der Waals surface area contributed by atoms with Crippen LogP contribution in [0.25, 0.3) is 33.8 Å². The summed E-state index contributed by atoms with van der Waals surface area (Å²) >= 11 is 0. The van der Waals surface area contributed by atoms with E-state index in [9.17, 15) is 4.79 Å². The quantitative estimate of drug-likeness (QED) is 0.374. The number of hydrogen-bond acceptors (Lipinski definition) is 11. The van der Waals surface area contributed by atoms with Gasteiger partial charge in [-0.15, -0.1) is 0 Å². The maximum Gasteiger partial charge on any atom is 0.410 e. The van der Waals surface area contributed by atoms with Crippen molar-refractivity contribution in [3.05, 3.63) is 24.5 Å². The minimum atomic E-state index is -0.536. The lowest BCUT2D eigenvalue weighted by Gasteiger charge is -2.39. The summed E-state index contributed by atoms with van der Waals surface area (Å²) in [6.07, 6.45) is 8.26. The summed E-state index contributed by atoms with van der Waals surface area (Å²) < 4.78 is 19.2. The van der Waals surface area contributed by atoms with Crippen molar-refractivity contribution in [1.29, 1.82) is 0 Å². The van der Waals surface area contributed by atoms with Gasteiger partial charge >= 0.3 is 6.09 Å². The van der Waals surface area contributed by atoms with Gasteiger partial charge in [0, 0.05) is 5.92 Å². The van der Waals surface area contributed by atoms with E-state index in [0.29, 0.717) is 58.5 Å². The summed E-state index contributed by atoms with van der Waals surface area (Å²) in [5, 5.41) is 10.0. The number of ether oxygens (including phenoxy) is 2. The Kier molecular flexibility index (Phi) is 5.32. The van der Waals surface area contributed by atoms with Crippen LogP contribution in [-0.2, 0) is 10.3 Å². The van der Waals surface area contributed by atoms with E-state index in [-0.39, 0.29) is 23.7 Å². The summed E-state index contributed by atoms with van der Waals surface area (Å²) in [7, 11) is 0. The predicted molar refractivity (Wildman–Crippen MR) is 143 cm³/mol. The topological polar surface area (TPSA) is 160 Å². The molecule has 0 aromatic carbocycles. The maximum absolute atomic E-state index is 12.2. The van der Waals surface area contributed by atoms with Gasteiger partial charge in [0.15, 0.2) is 23.0 Å². The van der Waals surface area contributed by atoms with Crippen LogP contribution in [0.1, 0.15) is 65.1 Å². The lowest BCUT2D eigenvalue weighted by molar-refractivity contribution is -0.0222. The third-order valence-corrected chi connectivity index (χ3v) is 7.52. The predicted octanol–water partition coefficient (Wildman–Crippen LogP) is 3.91. The molecular weight excluding hydrogens is 514 g/mol. The Labute approximate surface area is 230 Å². The van der Waals surface area contributed by atoms with Gasteiger partial charge < -0.3 is 24.6 Å². The first kappa shape index (κ1) is 24.7. The van der Waals surface area contributed by atoms with Gasteiger partial charge in [-0.1, -0.05) is 5.16 Å². The van der Waals surface area contributed by atoms with Gasteiger partial charge in [0.1, 0.15) is 35.2 Å². The Hall–Kier alpha value is -4.29. The van der Waals surface area contributed by atoms with E-state index in [0.717, 1.165) is 31.4 Å². The fourth-order valence-electron chi connectivity index (χ4n) is 4.90. The highest BCUT2D eigenvalue weighted by molar-refractivity contribution is 6.00. The molecule has 3 fully saturated rings. The lowest BCUT2D eigenvalue weighted by atomic mass is 10.1.